The fourth-order valence-electron chi connectivity index (χ4n) is 0.866. The van der Waals surface area contributed by atoms with Gasteiger partial charge in [0.2, 0.25) is 16.3 Å². The molecule has 64 valence electrons. The average Bonchev–Trinajstić information content (AvgIpc) is 2.08. The van der Waals surface area contributed by atoms with E-state index in [9.17, 15) is 0 Å². The second-order valence-corrected chi connectivity index (χ2v) is 7.79. The van der Waals surface area contributed by atoms with Gasteiger partial charge in [0.15, 0.2) is 0 Å². The predicted octanol–water partition coefficient (Wildman–Crippen LogP) is 2.76. The van der Waals surface area contributed by atoms with Gasteiger partial charge in [0.1, 0.15) is 0 Å². The smallest absolute Gasteiger partial charge is 0.105 e. The molecule has 0 rings (SSSR count). The Morgan fingerprint density at radius 3 is 1.45 bits per heavy atom. The van der Waals surface area contributed by atoms with Crippen molar-refractivity contribution in [2.75, 3.05) is 0 Å². The van der Waals surface area contributed by atoms with Crippen molar-refractivity contribution in [2.45, 2.75) is 41.9 Å². The van der Waals surface area contributed by atoms with Crippen LogP contribution in [0.15, 0.2) is 12.7 Å². The van der Waals surface area contributed by atoms with Crippen molar-refractivity contribution in [3.05, 3.63) is 12.7 Å². The van der Waals surface area contributed by atoms with Gasteiger partial charge < -0.3 is 0 Å². The molecule has 0 radical (unpaired) electrons. The molecule has 2 heteroatoms. The van der Waals surface area contributed by atoms with Crippen molar-refractivity contribution in [2.24, 2.45) is 0 Å². The molecule has 0 bridgehead atoms. The third-order valence-electron chi connectivity index (χ3n) is 2.02. The highest BCUT2D eigenvalue weighted by Gasteiger charge is 2.05. The van der Waals surface area contributed by atoms with E-state index in [2.05, 4.69) is 27.4 Å². The Bertz CT molecular complexity index is 62.5. The monoisotopic (exact) mass is 184 g/mol. The Labute approximate surface area is 84.9 Å². The van der Waals surface area contributed by atoms with Crippen LogP contribution >= 0.6 is 0 Å². The van der Waals surface area contributed by atoms with E-state index in [1.807, 2.05) is 6.08 Å². The minimum Gasteiger partial charge on any atom is -0.105 e. The fraction of sp³-hybridized carbons (Fsp3) is 0.778. The molecular weight excluding hydrogens is 162 g/mol. The SMILES string of the molecule is C=C[CH2][AlH2].C[CH2][Al]([CH2]C)[CH2]C. The number of allylic oxidation sites excluding steroid dienone is 1. The quantitative estimate of drug-likeness (QED) is 0.465. The molecule has 0 aliphatic carbocycles. The Morgan fingerprint density at radius 1 is 1.18 bits per heavy atom. The lowest BCUT2D eigenvalue weighted by Gasteiger charge is -1.97. The molecule has 0 aliphatic rings. The van der Waals surface area contributed by atoms with Gasteiger partial charge in [-0.3, -0.25) is 0 Å². The van der Waals surface area contributed by atoms with E-state index in [-0.39, 0.29) is 14.1 Å². The van der Waals surface area contributed by atoms with Crippen LogP contribution in [0.1, 0.15) is 20.8 Å². The lowest BCUT2D eigenvalue weighted by molar-refractivity contribution is 1.24. The highest BCUT2D eigenvalue weighted by molar-refractivity contribution is 6.58. The van der Waals surface area contributed by atoms with Crippen molar-refractivity contribution in [3.63, 3.8) is 0 Å². The largest absolute Gasteiger partial charge is 0.261 e. The molecule has 0 spiro atoms. The topological polar surface area (TPSA) is 0 Å². The second kappa shape index (κ2) is 13.4. The molecule has 0 saturated heterocycles. The normalized spacial score (nSPS) is 7.91. The van der Waals surface area contributed by atoms with Crippen LogP contribution in [0.5, 0.6) is 0 Å². The summed E-state index contributed by atoms with van der Waals surface area (Å²) in [6.45, 7) is 10.5. The summed E-state index contributed by atoms with van der Waals surface area (Å²) < 4.78 is 0. The van der Waals surface area contributed by atoms with Crippen LogP contribution in [0.25, 0.3) is 0 Å². The van der Waals surface area contributed by atoms with E-state index in [4.69, 9.17) is 0 Å². The molecule has 0 nitrogen and oxygen atoms in total. The Kier molecular flexibility index (Phi) is 17.5. The van der Waals surface area contributed by atoms with E-state index in [1.165, 1.54) is 37.4 Å². The van der Waals surface area contributed by atoms with E-state index >= 15 is 0 Å². The van der Waals surface area contributed by atoms with Gasteiger partial charge in [0, 0.05) is 0 Å². The van der Waals surface area contributed by atoms with Crippen LogP contribution in [-0.2, 0) is 0 Å². The number of hydrogen-bond acceptors (Lipinski definition) is 0. The summed E-state index contributed by atoms with van der Waals surface area (Å²) in [5.74, 6) is 0. The van der Waals surface area contributed by atoms with Crippen molar-refractivity contribution in [1.29, 1.82) is 0 Å². The van der Waals surface area contributed by atoms with E-state index in [0.717, 1.165) is 0 Å². The van der Waals surface area contributed by atoms with Gasteiger partial charge in [-0.15, -0.1) is 12.7 Å². The molecule has 0 aromatic heterocycles. The highest BCUT2D eigenvalue weighted by atomic mass is 27.2. The van der Waals surface area contributed by atoms with Crippen LogP contribution in [0.4, 0.5) is 0 Å². The maximum absolute atomic E-state index is 3.51. The first-order valence-electron chi connectivity index (χ1n) is 4.87. The summed E-state index contributed by atoms with van der Waals surface area (Å²) in [6, 6.07) is 0. The van der Waals surface area contributed by atoms with Crippen LogP contribution in [0.3, 0.4) is 0 Å². The molecule has 0 heterocycles. The molecule has 11 heavy (non-hydrogen) atoms. The van der Waals surface area contributed by atoms with Gasteiger partial charge >= 0.3 is 0 Å². The molecule has 0 aliphatic heterocycles. The molecule has 0 atom stereocenters. The van der Waals surface area contributed by atoms with Crippen molar-refractivity contribution < 1.29 is 0 Å². The molecular formula is C9H22Al2. The van der Waals surface area contributed by atoms with E-state index in [0.29, 0.717) is 0 Å². The van der Waals surface area contributed by atoms with Gasteiger partial charge in [-0.1, -0.05) is 41.9 Å². The lowest BCUT2D eigenvalue weighted by Crippen LogP contribution is -2.04. The van der Waals surface area contributed by atoms with Gasteiger partial charge in [0.25, 0.3) is 14.1 Å². The summed E-state index contributed by atoms with van der Waals surface area (Å²) in [5, 5.41) is 5.70. The van der Waals surface area contributed by atoms with Gasteiger partial charge in [-0.25, -0.2) is 0 Å². The molecule has 0 unspecified atom stereocenters. The third kappa shape index (κ3) is 13.8. The zero-order chi connectivity index (χ0) is 9.11. The molecule has 0 N–H and O–H groups in total. The Morgan fingerprint density at radius 2 is 1.45 bits per heavy atom. The molecule has 0 aromatic carbocycles. The van der Waals surface area contributed by atoms with Crippen LogP contribution in [0, 0.1) is 0 Å². The Balaban J connectivity index is 0. The van der Waals surface area contributed by atoms with E-state index in [1.54, 1.807) is 0 Å². The zero-order valence-electron chi connectivity index (χ0n) is 8.69. The highest BCUT2D eigenvalue weighted by Crippen LogP contribution is 2.01. The summed E-state index contributed by atoms with van der Waals surface area (Å²) >= 11 is 1.10. The number of rotatable bonds is 4. The summed E-state index contributed by atoms with van der Waals surface area (Å²) in [6.07, 6.45) is 1.94. The minimum absolute atomic E-state index is 0.171. The zero-order valence-corrected chi connectivity index (χ0v) is 11.8. The van der Waals surface area contributed by atoms with Crippen molar-refractivity contribution >= 4 is 30.4 Å². The second-order valence-electron chi connectivity index (χ2n) is 2.79. The first kappa shape index (κ1) is 14.3. The van der Waals surface area contributed by atoms with E-state index < -0.39 is 0 Å². The molecule has 0 aromatic rings. The van der Waals surface area contributed by atoms with Gasteiger partial charge in [-0.05, 0) is 0 Å². The summed E-state index contributed by atoms with van der Waals surface area (Å²) in [4.78, 5) is 0. The molecule has 0 amide bonds. The molecule has 0 fully saturated rings. The minimum atomic E-state index is -0.171. The van der Waals surface area contributed by atoms with Crippen LogP contribution < -0.4 is 0 Å². The number of hydrogen-bond donors (Lipinski definition) is 0. The first-order valence-corrected chi connectivity index (χ1v) is 8.73. The maximum Gasteiger partial charge on any atom is 0.261 e. The van der Waals surface area contributed by atoms with Crippen LogP contribution in [0.2, 0.25) is 21.1 Å². The van der Waals surface area contributed by atoms with Crippen LogP contribution in [-0.4, -0.2) is 30.4 Å². The Hall–Kier alpha value is 0.805. The average molecular weight is 184 g/mol. The maximum atomic E-state index is 3.51. The van der Waals surface area contributed by atoms with Gasteiger partial charge in [0.05, 0.1) is 0 Å². The summed E-state index contributed by atoms with van der Waals surface area (Å²) in [7, 11) is 0. The van der Waals surface area contributed by atoms with Crippen molar-refractivity contribution in [3.8, 4) is 0 Å². The van der Waals surface area contributed by atoms with Crippen molar-refractivity contribution in [1.82, 2.24) is 0 Å². The summed E-state index contributed by atoms with van der Waals surface area (Å²) in [5.41, 5.74) is 0. The van der Waals surface area contributed by atoms with Gasteiger partial charge in [-0.2, -0.15) is 0 Å². The fourth-order valence-corrected chi connectivity index (χ4v) is 2.60. The molecule has 0 saturated carbocycles. The first-order chi connectivity index (χ1) is 5.26. The third-order valence-corrected chi connectivity index (χ3v) is 6.06. The lowest BCUT2D eigenvalue weighted by atomic mass is 10.8. The predicted molar refractivity (Wildman–Crippen MR) is 60.7 cm³/mol. The standard InChI is InChI=1S/C3H5.3C2H5.2Al.2H/c1-3-2;3*1-2;;;;/h3H,1-2H2;3*1H2,2H3;;;;.